The molecule has 3 heterocycles. The van der Waals surface area contributed by atoms with E-state index in [1.54, 1.807) is 17.2 Å². The monoisotopic (exact) mass is 471 g/mol. The maximum absolute atomic E-state index is 12.9. The van der Waals surface area contributed by atoms with Gasteiger partial charge in [0.25, 0.3) is 10.0 Å². The quantitative estimate of drug-likeness (QED) is 0.443. The van der Waals surface area contributed by atoms with E-state index in [9.17, 15) is 13.2 Å². The van der Waals surface area contributed by atoms with Crippen LogP contribution in [0, 0.1) is 0 Å². The summed E-state index contributed by atoms with van der Waals surface area (Å²) in [5.41, 5.74) is 0.920. The zero-order chi connectivity index (χ0) is 21.6. The number of halogens is 1. The van der Waals surface area contributed by atoms with E-state index in [2.05, 4.69) is 9.71 Å². The highest BCUT2D eigenvalue weighted by molar-refractivity contribution is 7.91. The molecule has 31 heavy (non-hydrogen) atoms. The summed E-state index contributed by atoms with van der Waals surface area (Å²) in [4.78, 5) is 18.7. The van der Waals surface area contributed by atoms with Gasteiger partial charge in [0.1, 0.15) is 15.4 Å². The summed E-state index contributed by atoms with van der Waals surface area (Å²) in [5, 5.41) is 3.10. The van der Waals surface area contributed by atoms with Crippen LogP contribution >= 0.6 is 22.9 Å². The van der Waals surface area contributed by atoms with Crippen molar-refractivity contribution in [2.75, 3.05) is 6.54 Å². The fourth-order valence-corrected chi connectivity index (χ4v) is 6.70. The highest BCUT2D eigenvalue weighted by atomic mass is 35.5. The molecule has 1 saturated heterocycles. The number of hydrogen-bond donors (Lipinski definition) is 1. The summed E-state index contributed by atoms with van der Waals surface area (Å²) < 4.78 is 29.4. The Morgan fingerprint density at radius 3 is 2.81 bits per heavy atom. The predicted molar refractivity (Wildman–Crippen MR) is 123 cm³/mol. The van der Waals surface area contributed by atoms with E-state index in [4.69, 9.17) is 11.6 Å². The standard InChI is InChI=1S/C22H18ClN3O3S2/c23-21-17-11-14(5-6-15(17)7-9-24-21)13-26-10-8-18(22(26)27)25-31(28,29)20-12-16-3-1-2-4-19(16)30-20/h1-7,9,11-12,18,25H,8,10,13H2/t18-/m0/s1. The van der Waals surface area contributed by atoms with Crippen LogP contribution in [0.15, 0.2) is 65.0 Å². The van der Waals surface area contributed by atoms with E-state index in [1.165, 1.54) is 11.3 Å². The number of carbonyl (C=O) groups excluding carboxylic acids is 1. The Labute approximate surface area is 188 Å². The molecule has 2 aromatic heterocycles. The molecule has 158 valence electrons. The second-order valence-corrected chi connectivity index (χ2v) is 10.9. The van der Waals surface area contributed by atoms with Crippen LogP contribution in [0.3, 0.4) is 0 Å². The van der Waals surface area contributed by atoms with Crippen molar-refractivity contribution in [1.82, 2.24) is 14.6 Å². The number of carbonyl (C=O) groups is 1. The van der Waals surface area contributed by atoms with E-state index < -0.39 is 16.1 Å². The number of aromatic nitrogens is 1. The second kappa shape index (κ2) is 7.87. The van der Waals surface area contributed by atoms with Crippen molar-refractivity contribution in [3.63, 3.8) is 0 Å². The molecule has 1 aliphatic heterocycles. The normalized spacial score (nSPS) is 17.1. The van der Waals surface area contributed by atoms with Gasteiger partial charge in [0, 0.05) is 29.4 Å². The van der Waals surface area contributed by atoms with Gasteiger partial charge in [0.2, 0.25) is 5.91 Å². The minimum atomic E-state index is -3.77. The van der Waals surface area contributed by atoms with Gasteiger partial charge in [-0.25, -0.2) is 13.4 Å². The van der Waals surface area contributed by atoms with Crippen LogP contribution in [0.1, 0.15) is 12.0 Å². The number of nitrogens with one attached hydrogen (secondary N) is 1. The fourth-order valence-electron chi connectivity index (χ4n) is 3.84. The number of likely N-dealkylation sites (tertiary alicyclic amines) is 1. The van der Waals surface area contributed by atoms with Crippen LogP contribution in [-0.4, -0.2) is 36.8 Å². The molecule has 1 amide bonds. The number of fused-ring (bicyclic) bond motifs is 2. The topological polar surface area (TPSA) is 79.4 Å². The second-order valence-electron chi connectivity index (χ2n) is 7.48. The Bertz CT molecular complexity index is 1390. The Kier molecular flexibility index (Phi) is 5.18. The molecule has 0 spiro atoms. The Hall–Kier alpha value is -2.52. The summed E-state index contributed by atoms with van der Waals surface area (Å²) >= 11 is 7.39. The van der Waals surface area contributed by atoms with Gasteiger partial charge in [-0.1, -0.05) is 41.9 Å². The lowest BCUT2D eigenvalue weighted by Crippen LogP contribution is -2.41. The van der Waals surface area contributed by atoms with Crippen LogP contribution in [0.4, 0.5) is 0 Å². The highest BCUT2D eigenvalue weighted by Crippen LogP contribution is 2.29. The SMILES string of the molecule is O=C1[C@@H](NS(=O)(=O)c2cc3ccccc3s2)CCN1Cc1ccc2ccnc(Cl)c2c1. The van der Waals surface area contributed by atoms with E-state index in [1.807, 2.05) is 48.5 Å². The van der Waals surface area contributed by atoms with Crippen LogP contribution in [0.25, 0.3) is 20.9 Å². The molecule has 2 aromatic carbocycles. The molecule has 1 N–H and O–H groups in total. The molecule has 4 aromatic rings. The number of pyridine rings is 1. The molecule has 9 heteroatoms. The average molecular weight is 472 g/mol. The van der Waals surface area contributed by atoms with Crippen molar-refractivity contribution in [2.24, 2.45) is 0 Å². The van der Waals surface area contributed by atoms with Crippen LogP contribution in [0.5, 0.6) is 0 Å². The number of benzene rings is 2. The fraction of sp³-hybridized carbons (Fsp3) is 0.182. The lowest BCUT2D eigenvalue weighted by atomic mass is 10.1. The minimum Gasteiger partial charge on any atom is -0.337 e. The largest absolute Gasteiger partial charge is 0.337 e. The first kappa shape index (κ1) is 20.4. The van der Waals surface area contributed by atoms with Gasteiger partial charge < -0.3 is 4.90 Å². The molecular formula is C22H18ClN3O3S2. The Morgan fingerprint density at radius 1 is 1.13 bits per heavy atom. The van der Waals surface area contributed by atoms with Gasteiger partial charge in [-0.3, -0.25) is 4.79 Å². The maximum atomic E-state index is 12.9. The summed E-state index contributed by atoms with van der Waals surface area (Å²) in [6.45, 7) is 0.873. The molecule has 1 fully saturated rings. The van der Waals surface area contributed by atoms with Crippen LogP contribution in [-0.2, 0) is 21.4 Å². The summed E-state index contributed by atoms with van der Waals surface area (Å²) in [7, 11) is -3.77. The first-order valence-electron chi connectivity index (χ1n) is 9.73. The number of rotatable bonds is 5. The van der Waals surface area contributed by atoms with Crippen molar-refractivity contribution >= 4 is 59.7 Å². The minimum absolute atomic E-state index is 0.219. The first-order chi connectivity index (χ1) is 14.9. The van der Waals surface area contributed by atoms with Gasteiger partial charge in [-0.15, -0.1) is 11.3 Å². The summed E-state index contributed by atoms with van der Waals surface area (Å²) in [5.74, 6) is -0.220. The molecule has 0 aliphatic carbocycles. The van der Waals surface area contributed by atoms with Gasteiger partial charge in [-0.2, -0.15) is 4.72 Å². The zero-order valence-corrected chi connectivity index (χ0v) is 18.7. The van der Waals surface area contributed by atoms with E-state index in [0.29, 0.717) is 24.7 Å². The predicted octanol–water partition coefficient (Wildman–Crippen LogP) is 4.18. The molecular weight excluding hydrogens is 454 g/mol. The third kappa shape index (κ3) is 3.92. The molecule has 1 atom stereocenters. The maximum Gasteiger partial charge on any atom is 0.250 e. The van der Waals surface area contributed by atoms with Gasteiger partial charge in [0.15, 0.2) is 0 Å². The highest BCUT2D eigenvalue weighted by Gasteiger charge is 2.35. The Morgan fingerprint density at radius 2 is 1.97 bits per heavy atom. The third-order valence-electron chi connectivity index (χ3n) is 5.42. The number of nitrogens with zero attached hydrogens (tertiary/aromatic N) is 2. The number of hydrogen-bond acceptors (Lipinski definition) is 5. The molecule has 0 unspecified atom stereocenters. The molecule has 0 saturated carbocycles. The smallest absolute Gasteiger partial charge is 0.250 e. The zero-order valence-electron chi connectivity index (χ0n) is 16.3. The summed E-state index contributed by atoms with van der Waals surface area (Å²) in [6.07, 6.45) is 2.08. The van der Waals surface area contributed by atoms with Gasteiger partial charge >= 0.3 is 0 Å². The van der Waals surface area contributed by atoms with Crippen LogP contribution in [0.2, 0.25) is 5.15 Å². The van der Waals surface area contributed by atoms with Gasteiger partial charge in [-0.05, 0) is 47.0 Å². The lowest BCUT2D eigenvalue weighted by Gasteiger charge is -2.17. The Balaban J connectivity index is 1.32. The van der Waals surface area contributed by atoms with Crippen LogP contribution < -0.4 is 4.72 Å². The third-order valence-corrected chi connectivity index (χ3v) is 8.78. The van der Waals surface area contributed by atoms with Crippen molar-refractivity contribution in [3.05, 3.63) is 71.5 Å². The number of thiophene rings is 1. The van der Waals surface area contributed by atoms with Crippen molar-refractivity contribution < 1.29 is 13.2 Å². The van der Waals surface area contributed by atoms with Gasteiger partial charge in [0.05, 0.1) is 0 Å². The molecule has 0 bridgehead atoms. The molecule has 0 radical (unpaired) electrons. The molecule has 6 nitrogen and oxygen atoms in total. The summed E-state index contributed by atoms with van der Waals surface area (Å²) in [6, 6.07) is 16.1. The van der Waals surface area contributed by atoms with E-state index in [0.717, 1.165) is 26.4 Å². The van der Waals surface area contributed by atoms with Crippen molar-refractivity contribution in [1.29, 1.82) is 0 Å². The van der Waals surface area contributed by atoms with Crippen molar-refractivity contribution in [2.45, 2.75) is 23.2 Å². The number of sulfonamides is 1. The lowest BCUT2D eigenvalue weighted by molar-refractivity contribution is -0.129. The average Bonchev–Trinajstić information content (AvgIpc) is 3.34. The van der Waals surface area contributed by atoms with E-state index in [-0.39, 0.29) is 10.1 Å². The molecule has 1 aliphatic rings. The first-order valence-corrected chi connectivity index (χ1v) is 12.4. The van der Waals surface area contributed by atoms with E-state index >= 15 is 0 Å². The molecule has 5 rings (SSSR count). The van der Waals surface area contributed by atoms with Crippen molar-refractivity contribution in [3.8, 4) is 0 Å². The number of amides is 1.